The second-order valence-corrected chi connectivity index (χ2v) is 13.6. The Bertz CT molecular complexity index is 1280. The van der Waals surface area contributed by atoms with Crippen molar-refractivity contribution in [3.8, 4) is 0 Å². The first-order chi connectivity index (χ1) is 17.3. The molecule has 0 fully saturated rings. The van der Waals surface area contributed by atoms with E-state index < -0.39 is 0 Å². The largest absolute Gasteiger partial charge is 0.140 e. The second-order valence-electron chi connectivity index (χ2n) is 10.3. The van der Waals surface area contributed by atoms with Gasteiger partial charge in [-0.25, -0.2) is 0 Å². The molecule has 3 heteroatoms. The Morgan fingerprint density at radius 2 is 0.886 bits per heavy atom. The van der Waals surface area contributed by atoms with Gasteiger partial charge in [0.15, 0.2) is 0 Å². The zero-order valence-electron chi connectivity index (χ0n) is 21.6. The molecule has 0 aliphatic rings. The Morgan fingerprint density at radius 1 is 0.457 bits per heavy atom. The first-order valence-electron chi connectivity index (χ1n) is 14.1. The highest BCUT2D eigenvalue weighted by atomic mass is 32.1. The molecule has 186 valence electrons. The molecule has 2 aromatic carbocycles. The minimum Gasteiger partial charge on any atom is -0.140 e. The minimum absolute atomic E-state index is 1.24. The van der Waals surface area contributed by atoms with Crippen LogP contribution in [0, 0.1) is 0 Å². The standard InChI is InChI=1S/C32H40S3/c1-3-5-7-9-11-13-15-23-21-27-29(33-23)19-17-25-26-18-20-30-28(32(26)35-31(25)27)22-24(34-30)16-14-12-10-8-6-4-2/h17-22H,3-16H2,1-2H3. The number of unbranched alkanes of at least 4 members (excludes halogenated alkanes) is 10. The predicted molar refractivity (Wildman–Crippen MR) is 164 cm³/mol. The number of rotatable bonds is 14. The van der Waals surface area contributed by atoms with Crippen LogP contribution in [0.3, 0.4) is 0 Å². The molecule has 0 unspecified atom stereocenters. The van der Waals surface area contributed by atoms with Gasteiger partial charge in [-0.3, -0.25) is 0 Å². The van der Waals surface area contributed by atoms with Gasteiger partial charge in [0.05, 0.1) is 0 Å². The zero-order chi connectivity index (χ0) is 24.0. The monoisotopic (exact) mass is 520 g/mol. The maximum Gasteiger partial charge on any atom is 0.0442 e. The van der Waals surface area contributed by atoms with E-state index in [0.717, 1.165) is 0 Å². The molecule has 0 N–H and O–H groups in total. The third kappa shape index (κ3) is 5.78. The molecule has 5 aromatic rings. The molecule has 0 spiro atoms. The Balaban J connectivity index is 1.35. The molecule has 0 saturated heterocycles. The van der Waals surface area contributed by atoms with Crippen LogP contribution in [0.2, 0.25) is 0 Å². The van der Waals surface area contributed by atoms with Gasteiger partial charge in [-0.05, 0) is 49.9 Å². The lowest BCUT2D eigenvalue weighted by molar-refractivity contribution is 0.609. The highest BCUT2D eigenvalue weighted by Gasteiger charge is 2.14. The SMILES string of the molecule is CCCCCCCCc1cc2c(ccc3c4ccc5sc(CCCCCCCC)cc5c4sc23)s1. The van der Waals surface area contributed by atoms with Crippen LogP contribution in [0.5, 0.6) is 0 Å². The summed E-state index contributed by atoms with van der Waals surface area (Å²) < 4.78 is 5.93. The van der Waals surface area contributed by atoms with Gasteiger partial charge in [-0.1, -0.05) is 90.2 Å². The molecule has 0 saturated carbocycles. The van der Waals surface area contributed by atoms with Crippen molar-refractivity contribution in [2.75, 3.05) is 0 Å². The highest BCUT2D eigenvalue weighted by molar-refractivity contribution is 7.29. The Morgan fingerprint density at radius 3 is 1.34 bits per heavy atom. The summed E-state index contributed by atoms with van der Waals surface area (Å²) >= 11 is 6.08. The molecule has 0 amide bonds. The van der Waals surface area contributed by atoms with E-state index in [1.807, 2.05) is 34.0 Å². The molecule has 35 heavy (non-hydrogen) atoms. The number of benzene rings is 2. The lowest BCUT2D eigenvalue weighted by atomic mass is 10.1. The Labute approximate surface area is 223 Å². The number of hydrogen-bond donors (Lipinski definition) is 0. The number of fused-ring (bicyclic) bond motifs is 7. The van der Waals surface area contributed by atoms with Crippen molar-refractivity contribution >= 4 is 74.4 Å². The zero-order valence-corrected chi connectivity index (χ0v) is 24.0. The molecule has 0 aliphatic carbocycles. The lowest BCUT2D eigenvalue weighted by Gasteiger charge is -1.98. The molecule has 0 aliphatic heterocycles. The van der Waals surface area contributed by atoms with Gasteiger partial charge in [0.2, 0.25) is 0 Å². The molecule has 0 atom stereocenters. The van der Waals surface area contributed by atoms with Crippen LogP contribution < -0.4 is 0 Å². The number of aryl methyl sites for hydroxylation is 2. The van der Waals surface area contributed by atoms with Gasteiger partial charge in [-0.2, -0.15) is 0 Å². The average Bonchev–Trinajstić information content (AvgIpc) is 3.57. The van der Waals surface area contributed by atoms with Crippen molar-refractivity contribution < 1.29 is 0 Å². The van der Waals surface area contributed by atoms with Gasteiger partial charge >= 0.3 is 0 Å². The Hall–Kier alpha value is -1.42. The van der Waals surface area contributed by atoms with Gasteiger partial charge in [-0.15, -0.1) is 34.0 Å². The van der Waals surface area contributed by atoms with Crippen LogP contribution in [-0.2, 0) is 12.8 Å². The summed E-state index contributed by atoms with van der Waals surface area (Å²) in [5.41, 5.74) is 0. The van der Waals surface area contributed by atoms with Crippen LogP contribution in [0.15, 0.2) is 36.4 Å². The fourth-order valence-corrected chi connectivity index (χ4v) is 9.12. The molecule has 0 bridgehead atoms. The highest BCUT2D eigenvalue weighted by Crippen LogP contribution is 2.45. The maximum atomic E-state index is 2.51. The topological polar surface area (TPSA) is 0 Å². The summed E-state index contributed by atoms with van der Waals surface area (Å²) in [5, 5.41) is 5.88. The van der Waals surface area contributed by atoms with E-state index in [2.05, 4.69) is 50.2 Å². The third-order valence-electron chi connectivity index (χ3n) is 7.45. The summed E-state index contributed by atoms with van der Waals surface area (Å²) in [4.78, 5) is 3.14. The second kappa shape index (κ2) is 12.2. The summed E-state index contributed by atoms with van der Waals surface area (Å²) in [5.74, 6) is 0. The maximum absolute atomic E-state index is 2.51. The van der Waals surface area contributed by atoms with Crippen molar-refractivity contribution in [3.05, 3.63) is 46.2 Å². The summed E-state index contributed by atoms with van der Waals surface area (Å²) in [7, 11) is 0. The van der Waals surface area contributed by atoms with E-state index in [0.29, 0.717) is 0 Å². The number of thiophene rings is 3. The molecule has 3 aromatic heterocycles. The van der Waals surface area contributed by atoms with E-state index >= 15 is 0 Å². The van der Waals surface area contributed by atoms with E-state index in [9.17, 15) is 0 Å². The van der Waals surface area contributed by atoms with Gasteiger partial charge in [0.25, 0.3) is 0 Å². The molecular formula is C32H40S3. The van der Waals surface area contributed by atoms with E-state index in [4.69, 9.17) is 0 Å². The minimum atomic E-state index is 1.24. The fraction of sp³-hybridized carbons (Fsp3) is 0.500. The van der Waals surface area contributed by atoms with Crippen molar-refractivity contribution in [2.45, 2.75) is 104 Å². The van der Waals surface area contributed by atoms with Crippen LogP contribution in [0.25, 0.3) is 40.3 Å². The molecule has 0 nitrogen and oxygen atoms in total. The van der Waals surface area contributed by atoms with Gasteiger partial charge in [0, 0.05) is 50.1 Å². The van der Waals surface area contributed by atoms with Crippen LogP contribution in [0.1, 0.15) is 101 Å². The molecule has 0 radical (unpaired) electrons. The van der Waals surface area contributed by atoms with Crippen molar-refractivity contribution in [1.29, 1.82) is 0 Å². The van der Waals surface area contributed by atoms with Gasteiger partial charge in [0.1, 0.15) is 0 Å². The van der Waals surface area contributed by atoms with Crippen molar-refractivity contribution in [3.63, 3.8) is 0 Å². The van der Waals surface area contributed by atoms with E-state index in [-0.39, 0.29) is 0 Å². The summed E-state index contributed by atoms with van der Waals surface area (Å²) in [6.07, 6.45) is 19.0. The lowest BCUT2D eigenvalue weighted by Crippen LogP contribution is -1.82. The normalized spacial score (nSPS) is 12.2. The first kappa shape index (κ1) is 25.2. The Kier molecular flexibility index (Phi) is 8.81. The van der Waals surface area contributed by atoms with Gasteiger partial charge < -0.3 is 0 Å². The van der Waals surface area contributed by atoms with Crippen molar-refractivity contribution in [2.24, 2.45) is 0 Å². The quantitative estimate of drug-likeness (QED) is 0.128. The smallest absolute Gasteiger partial charge is 0.0442 e. The predicted octanol–water partition coefficient (Wildman–Crippen LogP) is 12.3. The number of hydrogen-bond acceptors (Lipinski definition) is 3. The van der Waals surface area contributed by atoms with Crippen molar-refractivity contribution in [1.82, 2.24) is 0 Å². The summed E-state index contributed by atoms with van der Waals surface area (Å²) in [6, 6.07) is 14.5. The fourth-order valence-electron chi connectivity index (χ4n) is 5.43. The van der Waals surface area contributed by atoms with Crippen LogP contribution in [0.4, 0.5) is 0 Å². The average molecular weight is 521 g/mol. The summed E-state index contributed by atoms with van der Waals surface area (Å²) in [6.45, 7) is 4.59. The molecule has 5 rings (SSSR count). The molecule has 3 heterocycles. The first-order valence-corrected chi connectivity index (χ1v) is 16.5. The van der Waals surface area contributed by atoms with Crippen LogP contribution >= 0.6 is 34.0 Å². The van der Waals surface area contributed by atoms with E-state index in [1.54, 1.807) is 9.75 Å². The van der Waals surface area contributed by atoms with E-state index in [1.165, 1.54) is 130 Å². The molecular weight excluding hydrogens is 481 g/mol. The third-order valence-corrected chi connectivity index (χ3v) is 11.1. The van der Waals surface area contributed by atoms with Crippen LogP contribution in [-0.4, -0.2) is 0 Å².